The molecule has 1 aromatic carbocycles. The zero-order valence-corrected chi connectivity index (χ0v) is 12.2. The number of aromatic nitrogens is 2. The highest BCUT2D eigenvalue weighted by molar-refractivity contribution is 7.12. The molecule has 2 aromatic heterocycles. The van der Waals surface area contributed by atoms with Crippen molar-refractivity contribution in [2.24, 2.45) is 7.05 Å². The second-order valence-electron chi connectivity index (χ2n) is 4.69. The molecule has 0 aliphatic rings. The molecule has 0 aliphatic heterocycles. The number of rotatable bonds is 3. The molecule has 1 N–H and O–H groups in total. The standard InChI is InChI=1S/C15H15N3OS/c1-10-7-8-20-14(10)15(19)16-9-13-17-11-5-3-4-6-12(11)18(13)2/h3-8H,9H2,1-2H3,(H,16,19). The Balaban J connectivity index is 1.79. The number of thiophene rings is 1. The molecule has 5 heteroatoms. The Morgan fingerprint density at radius 3 is 2.85 bits per heavy atom. The summed E-state index contributed by atoms with van der Waals surface area (Å²) in [5, 5.41) is 4.86. The molecule has 102 valence electrons. The summed E-state index contributed by atoms with van der Waals surface area (Å²) in [5.74, 6) is 0.818. The fourth-order valence-electron chi connectivity index (χ4n) is 2.20. The number of imidazole rings is 1. The van der Waals surface area contributed by atoms with Gasteiger partial charge in [0.25, 0.3) is 5.91 Å². The van der Waals surface area contributed by atoms with Gasteiger partial charge in [-0.25, -0.2) is 4.98 Å². The molecule has 0 atom stereocenters. The van der Waals surface area contributed by atoms with Crippen LogP contribution in [0, 0.1) is 6.92 Å². The number of amides is 1. The molecule has 3 rings (SSSR count). The van der Waals surface area contributed by atoms with Gasteiger partial charge < -0.3 is 9.88 Å². The molecular weight excluding hydrogens is 270 g/mol. The maximum absolute atomic E-state index is 12.1. The predicted octanol–water partition coefficient (Wildman–Crippen LogP) is 2.87. The summed E-state index contributed by atoms with van der Waals surface area (Å²) in [5.41, 5.74) is 3.04. The number of hydrogen-bond donors (Lipinski definition) is 1. The number of carbonyl (C=O) groups is 1. The normalized spacial score (nSPS) is 10.9. The van der Waals surface area contributed by atoms with E-state index in [2.05, 4.69) is 10.3 Å². The Labute approximate surface area is 121 Å². The third-order valence-electron chi connectivity index (χ3n) is 3.36. The molecule has 0 spiro atoms. The Hall–Kier alpha value is -2.14. The summed E-state index contributed by atoms with van der Waals surface area (Å²) in [6.07, 6.45) is 0. The Bertz CT molecular complexity index is 772. The van der Waals surface area contributed by atoms with E-state index in [0.717, 1.165) is 27.3 Å². The molecule has 3 aromatic rings. The maximum Gasteiger partial charge on any atom is 0.261 e. The zero-order valence-electron chi connectivity index (χ0n) is 11.4. The van der Waals surface area contributed by atoms with Crippen LogP contribution < -0.4 is 5.32 Å². The number of hydrogen-bond acceptors (Lipinski definition) is 3. The third kappa shape index (κ3) is 2.20. The van der Waals surface area contributed by atoms with E-state index >= 15 is 0 Å². The molecule has 1 amide bonds. The molecule has 0 bridgehead atoms. The first-order valence-electron chi connectivity index (χ1n) is 6.39. The zero-order chi connectivity index (χ0) is 14.1. The van der Waals surface area contributed by atoms with Crippen molar-refractivity contribution < 1.29 is 4.79 Å². The van der Waals surface area contributed by atoms with Gasteiger partial charge in [-0.2, -0.15) is 0 Å². The van der Waals surface area contributed by atoms with Crippen LogP contribution in [0.1, 0.15) is 21.1 Å². The van der Waals surface area contributed by atoms with Crippen LogP contribution in [0.4, 0.5) is 0 Å². The van der Waals surface area contributed by atoms with Crippen LogP contribution in [-0.2, 0) is 13.6 Å². The lowest BCUT2D eigenvalue weighted by Gasteiger charge is -2.05. The van der Waals surface area contributed by atoms with E-state index in [0.29, 0.717) is 6.54 Å². The molecule has 0 aliphatic carbocycles. The maximum atomic E-state index is 12.1. The number of nitrogens with zero attached hydrogens (tertiary/aromatic N) is 2. The highest BCUT2D eigenvalue weighted by atomic mass is 32.1. The van der Waals surface area contributed by atoms with Gasteiger partial charge in [-0.3, -0.25) is 4.79 Å². The van der Waals surface area contributed by atoms with Crippen molar-refractivity contribution >= 4 is 28.3 Å². The van der Waals surface area contributed by atoms with E-state index in [1.165, 1.54) is 11.3 Å². The van der Waals surface area contributed by atoms with Gasteiger partial charge in [0, 0.05) is 7.05 Å². The third-order valence-corrected chi connectivity index (χ3v) is 4.37. The highest BCUT2D eigenvalue weighted by Crippen LogP contribution is 2.16. The van der Waals surface area contributed by atoms with E-state index in [1.807, 2.05) is 54.3 Å². The van der Waals surface area contributed by atoms with Crippen molar-refractivity contribution in [3.63, 3.8) is 0 Å². The largest absolute Gasteiger partial charge is 0.344 e. The van der Waals surface area contributed by atoms with Crippen molar-refractivity contribution in [2.45, 2.75) is 13.5 Å². The summed E-state index contributed by atoms with van der Waals surface area (Å²) in [7, 11) is 1.97. The minimum absolute atomic E-state index is 0.0374. The van der Waals surface area contributed by atoms with Crippen LogP contribution in [0.3, 0.4) is 0 Å². The SMILES string of the molecule is Cc1ccsc1C(=O)NCc1nc2ccccc2n1C. The summed E-state index contributed by atoms with van der Waals surface area (Å²) in [6.45, 7) is 2.38. The second kappa shape index (κ2) is 5.09. The van der Waals surface area contributed by atoms with E-state index in [4.69, 9.17) is 0 Å². The summed E-state index contributed by atoms with van der Waals surface area (Å²) >= 11 is 1.46. The quantitative estimate of drug-likeness (QED) is 0.804. The Kier molecular flexibility index (Phi) is 3.28. The minimum atomic E-state index is -0.0374. The first-order chi connectivity index (χ1) is 9.66. The molecule has 0 fully saturated rings. The topological polar surface area (TPSA) is 46.9 Å². The molecule has 4 nitrogen and oxygen atoms in total. The van der Waals surface area contributed by atoms with Gasteiger partial charge in [-0.1, -0.05) is 12.1 Å². The van der Waals surface area contributed by atoms with Crippen molar-refractivity contribution in [2.75, 3.05) is 0 Å². The summed E-state index contributed by atoms with van der Waals surface area (Å²) in [4.78, 5) is 17.4. The monoisotopic (exact) mass is 285 g/mol. The van der Waals surface area contributed by atoms with Crippen LogP contribution >= 0.6 is 11.3 Å². The van der Waals surface area contributed by atoms with Crippen LogP contribution in [0.5, 0.6) is 0 Å². The van der Waals surface area contributed by atoms with E-state index in [9.17, 15) is 4.79 Å². The first kappa shape index (κ1) is 12.9. The van der Waals surface area contributed by atoms with Crippen LogP contribution in [0.2, 0.25) is 0 Å². The molecule has 20 heavy (non-hydrogen) atoms. The van der Waals surface area contributed by atoms with Gasteiger partial charge in [0.15, 0.2) is 0 Å². The number of nitrogens with one attached hydrogen (secondary N) is 1. The number of aryl methyl sites for hydroxylation is 2. The predicted molar refractivity (Wildman–Crippen MR) is 80.9 cm³/mol. The number of fused-ring (bicyclic) bond motifs is 1. The van der Waals surface area contributed by atoms with Gasteiger partial charge in [0.05, 0.1) is 22.5 Å². The highest BCUT2D eigenvalue weighted by Gasteiger charge is 2.12. The molecule has 2 heterocycles. The lowest BCUT2D eigenvalue weighted by molar-refractivity contribution is 0.0953. The number of benzene rings is 1. The van der Waals surface area contributed by atoms with Crippen molar-refractivity contribution in [1.29, 1.82) is 0 Å². The molecule has 0 saturated heterocycles. The fourth-order valence-corrected chi connectivity index (χ4v) is 3.04. The van der Waals surface area contributed by atoms with Crippen molar-refractivity contribution in [3.8, 4) is 0 Å². The van der Waals surface area contributed by atoms with Crippen LogP contribution in [0.15, 0.2) is 35.7 Å². The van der Waals surface area contributed by atoms with E-state index < -0.39 is 0 Å². The number of para-hydroxylation sites is 2. The molecule has 0 unspecified atom stereocenters. The lowest BCUT2D eigenvalue weighted by Crippen LogP contribution is -2.24. The van der Waals surface area contributed by atoms with E-state index in [-0.39, 0.29) is 5.91 Å². The smallest absolute Gasteiger partial charge is 0.261 e. The second-order valence-corrected chi connectivity index (χ2v) is 5.61. The van der Waals surface area contributed by atoms with E-state index in [1.54, 1.807) is 0 Å². The number of carbonyl (C=O) groups excluding carboxylic acids is 1. The summed E-state index contributed by atoms with van der Waals surface area (Å²) in [6, 6.07) is 9.91. The van der Waals surface area contributed by atoms with Crippen LogP contribution in [0.25, 0.3) is 11.0 Å². The fraction of sp³-hybridized carbons (Fsp3) is 0.200. The van der Waals surface area contributed by atoms with Crippen LogP contribution in [-0.4, -0.2) is 15.5 Å². The van der Waals surface area contributed by atoms with Gasteiger partial charge in [-0.05, 0) is 36.1 Å². The molecular formula is C15H15N3OS. The van der Waals surface area contributed by atoms with Crippen molar-refractivity contribution in [1.82, 2.24) is 14.9 Å². The Morgan fingerprint density at radius 2 is 2.15 bits per heavy atom. The Morgan fingerprint density at radius 1 is 1.35 bits per heavy atom. The van der Waals surface area contributed by atoms with Crippen molar-refractivity contribution in [3.05, 3.63) is 52.0 Å². The van der Waals surface area contributed by atoms with Gasteiger partial charge in [0.2, 0.25) is 0 Å². The lowest BCUT2D eigenvalue weighted by atomic mass is 10.3. The molecule has 0 radical (unpaired) electrons. The van der Waals surface area contributed by atoms with Gasteiger partial charge in [-0.15, -0.1) is 11.3 Å². The average molecular weight is 285 g/mol. The minimum Gasteiger partial charge on any atom is -0.344 e. The van der Waals surface area contributed by atoms with Gasteiger partial charge >= 0.3 is 0 Å². The average Bonchev–Trinajstić information content (AvgIpc) is 3.01. The van der Waals surface area contributed by atoms with Gasteiger partial charge in [0.1, 0.15) is 5.82 Å². The molecule has 0 saturated carbocycles. The summed E-state index contributed by atoms with van der Waals surface area (Å²) < 4.78 is 2.01. The first-order valence-corrected chi connectivity index (χ1v) is 7.27.